The molecule has 0 radical (unpaired) electrons. The average molecular weight is 371 g/mol. The van der Waals surface area contributed by atoms with Crippen molar-refractivity contribution in [3.05, 3.63) is 29.8 Å². The topological polar surface area (TPSA) is 72.5 Å². The predicted octanol–water partition coefficient (Wildman–Crippen LogP) is 4.08. The van der Waals surface area contributed by atoms with Crippen LogP contribution in [0.1, 0.15) is 56.8 Å². The Kier molecular flexibility index (Phi) is 5.98. The van der Waals surface area contributed by atoms with Crippen molar-refractivity contribution in [3.63, 3.8) is 0 Å². The number of ether oxygens (including phenoxy) is 1. The van der Waals surface area contributed by atoms with Gasteiger partial charge in [0.2, 0.25) is 5.91 Å². The molecule has 0 aliphatic heterocycles. The van der Waals surface area contributed by atoms with Gasteiger partial charge in [-0.05, 0) is 49.1 Å². The highest BCUT2D eigenvalue weighted by atomic mass is 16.5. The van der Waals surface area contributed by atoms with E-state index in [1.807, 2.05) is 0 Å². The second kappa shape index (κ2) is 8.24. The van der Waals surface area contributed by atoms with Crippen LogP contribution in [0.25, 0.3) is 0 Å². The van der Waals surface area contributed by atoms with Gasteiger partial charge in [-0.2, -0.15) is 0 Å². The van der Waals surface area contributed by atoms with E-state index in [4.69, 9.17) is 4.74 Å². The van der Waals surface area contributed by atoms with Crippen molar-refractivity contribution in [1.29, 1.82) is 0 Å². The van der Waals surface area contributed by atoms with Crippen LogP contribution in [0.2, 0.25) is 0 Å². The summed E-state index contributed by atoms with van der Waals surface area (Å²) in [4.78, 5) is 36.1. The van der Waals surface area contributed by atoms with E-state index < -0.39 is 0 Å². The molecule has 1 N–H and O–H groups in total. The summed E-state index contributed by atoms with van der Waals surface area (Å²) in [5.41, 5.74) is 0.916. The monoisotopic (exact) mass is 371 g/mol. The molecule has 5 nitrogen and oxygen atoms in total. The van der Waals surface area contributed by atoms with Gasteiger partial charge in [0.25, 0.3) is 0 Å². The Labute approximate surface area is 160 Å². The molecular weight excluding hydrogens is 342 g/mol. The third-order valence-corrected chi connectivity index (χ3v) is 6.00. The maximum Gasteiger partial charge on any atom is 0.310 e. The molecule has 1 amide bonds. The molecular formula is C22H29NO4. The quantitative estimate of drug-likeness (QED) is 0.604. The van der Waals surface area contributed by atoms with Crippen molar-refractivity contribution < 1.29 is 19.1 Å². The number of amides is 1. The second-order valence-electron chi connectivity index (χ2n) is 8.44. The Balaban J connectivity index is 1.56. The van der Waals surface area contributed by atoms with Gasteiger partial charge in [0.1, 0.15) is 6.10 Å². The lowest BCUT2D eigenvalue weighted by molar-refractivity contribution is -0.158. The van der Waals surface area contributed by atoms with Crippen molar-refractivity contribution in [2.75, 3.05) is 5.32 Å². The molecule has 2 aliphatic rings. The molecule has 0 bridgehead atoms. The maximum atomic E-state index is 12.6. The van der Waals surface area contributed by atoms with Gasteiger partial charge in [0.05, 0.1) is 17.5 Å². The van der Waals surface area contributed by atoms with E-state index in [-0.39, 0.29) is 29.8 Å². The lowest BCUT2D eigenvalue weighted by Gasteiger charge is -2.36. The van der Waals surface area contributed by atoms with E-state index >= 15 is 0 Å². The highest BCUT2D eigenvalue weighted by molar-refractivity contribution is 6.01. The number of carbonyl (C=O) groups is 3. The zero-order valence-corrected chi connectivity index (χ0v) is 16.3. The van der Waals surface area contributed by atoms with Crippen LogP contribution in [0.4, 0.5) is 5.69 Å². The normalized spacial score (nSPS) is 29.9. The van der Waals surface area contributed by atoms with Crippen LogP contribution in [0.5, 0.6) is 0 Å². The number of hydrogen-bond donors (Lipinski definition) is 1. The molecule has 0 unspecified atom stereocenters. The summed E-state index contributed by atoms with van der Waals surface area (Å²) in [6.45, 7) is 6.56. The van der Waals surface area contributed by atoms with Crippen LogP contribution in [0.15, 0.2) is 24.3 Å². The number of nitrogens with one attached hydrogen (secondary N) is 1. The smallest absolute Gasteiger partial charge is 0.310 e. The Hall–Kier alpha value is -2.17. The van der Waals surface area contributed by atoms with Crippen LogP contribution in [0, 0.1) is 29.6 Å². The zero-order valence-electron chi connectivity index (χ0n) is 16.3. The predicted molar refractivity (Wildman–Crippen MR) is 103 cm³/mol. The Morgan fingerprint density at radius 1 is 1.15 bits per heavy atom. The highest BCUT2D eigenvalue weighted by Gasteiger charge is 2.50. The summed E-state index contributed by atoms with van der Waals surface area (Å²) in [5.74, 6) is 0.251. The number of carbonyl (C=O) groups excluding carboxylic acids is 3. The molecule has 0 spiro atoms. The van der Waals surface area contributed by atoms with Crippen molar-refractivity contribution in [2.24, 2.45) is 29.6 Å². The average Bonchev–Trinajstić information content (AvgIpc) is 3.43. The minimum absolute atomic E-state index is 0.0404. The lowest BCUT2D eigenvalue weighted by atomic mass is 9.75. The van der Waals surface area contributed by atoms with Gasteiger partial charge in [-0.15, -0.1) is 0 Å². The Bertz CT molecular complexity index is 714. The largest absolute Gasteiger partial charge is 0.462 e. The van der Waals surface area contributed by atoms with E-state index in [1.54, 1.807) is 24.3 Å². The molecule has 146 valence electrons. The third-order valence-electron chi connectivity index (χ3n) is 6.00. The van der Waals surface area contributed by atoms with Gasteiger partial charge in [-0.25, -0.2) is 0 Å². The number of benzene rings is 1. The van der Waals surface area contributed by atoms with E-state index in [9.17, 15) is 14.4 Å². The minimum atomic E-state index is -0.365. The molecule has 0 heterocycles. The molecule has 5 atom stereocenters. The highest BCUT2D eigenvalue weighted by Crippen LogP contribution is 2.42. The molecule has 1 aromatic rings. The number of hydrogen-bond acceptors (Lipinski definition) is 4. The van der Waals surface area contributed by atoms with Crippen molar-refractivity contribution in [1.82, 2.24) is 0 Å². The summed E-state index contributed by atoms with van der Waals surface area (Å²) in [6, 6.07) is 6.84. The second-order valence-corrected chi connectivity index (χ2v) is 8.44. The number of esters is 1. The molecule has 2 saturated carbocycles. The third kappa shape index (κ3) is 4.57. The molecule has 0 saturated heterocycles. The fraction of sp³-hybridized carbons (Fsp3) is 0.591. The lowest BCUT2D eigenvalue weighted by Crippen LogP contribution is -2.36. The van der Waals surface area contributed by atoms with Crippen LogP contribution in [-0.2, 0) is 14.3 Å². The SMILES string of the molecule is CC(C)[C@@H]1CC[C@@H](C)C[C@H]1OC(=O)[C@H]1C[C@@H]1C(=O)Nc1ccccc1C=O. The minimum Gasteiger partial charge on any atom is -0.462 e. The van der Waals surface area contributed by atoms with E-state index in [0.717, 1.165) is 12.8 Å². The fourth-order valence-electron chi connectivity index (χ4n) is 4.17. The van der Waals surface area contributed by atoms with Crippen LogP contribution in [-0.4, -0.2) is 24.3 Å². The summed E-state index contributed by atoms with van der Waals surface area (Å²) in [6.07, 6.45) is 4.37. The number of anilines is 1. The van der Waals surface area contributed by atoms with Crippen molar-refractivity contribution >= 4 is 23.9 Å². The van der Waals surface area contributed by atoms with Gasteiger partial charge in [-0.3, -0.25) is 14.4 Å². The Morgan fingerprint density at radius 3 is 2.59 bits per heavy atom. The standard InChI is InChI=1S/C22H29NO4/c1-13(2)16-9-8-14(3)10-20(16)27-22(26)18-11-17(18)21(25)23-19-7-5-4-6-15(19)12-24/h4-7,12-14,16-18,20H,8-11H2,1-3H3,(H,23,25)/t14-,16+,17+,18+,20-/m1/s1. The summed E-state index contributed by atoms with van der Waals surface area (Å²) >= 11 is 0. The van der Waals surface area contributed by atoms with Gasteiger partial charge < -0.3 is 10.1 Å². The van der Waals surface area contributed by atoms with Crippen molar-refractivity contribution in [3.8, 4) is 0 Å². The first-order valence-electron chi connectivity index (χ1n) is 9.96. The first-order chi connectivity index (χ1) is 12.9. The maximum absolute atomic E-state index is 12.6. The molecule has 5 heteroatoms. The van der Waals surface area contributed by atoms with Gasteiger partial charge >= 0.3 is 5.97 Å². The summed E-state index contributed by atoms with van der Waals surface area (Å²) < 4.78 is 5.86. The van der Waals surface area contributed by atoms with E-state index in [1.165, 1.54) is 6.42 Å². The molecule has 0 aromatic heterocycles. The van der Waals surface area contributed by atoms with E-state index in [0.29, 0.717) is 41.7 Å². The van der Waals surface area contributed by atoms with Gasteiger partial charge in [0.15, 0.2) is 6.29 Å². The van der Waals surface area contributed by atoms with Crippen LogP contribution in [0.3, 0.4) is 0 Å². The summed E-state index contributed by atoms with van der Waals surface area (Å²) in [5, 5.41) is 2.77. The van der Waals surface area contributed by atoms with Crippen LogP contribution >= 0.6 is 0 Å². The Morgan fingerprint density at radius 2 is 1.89 bits per heavy atom. The number of para-hydroxylation sites is 1. The molecule has 27 heavy (non-hydrogen) atoms. The number of aldehydes is 1. The van der Waals surface area contributed by atoms with Crippen molar-refractivity contribution in [2.45, 2.75) is 52.6 Å². The molecule has 3 rings (SSSR count). The fourth-order valence-corrected chi connectivity index (χ4v) is 4.17. The summed E-state index contributed by atoms with van der Waals surface area (Å²) in [7, 11) is 0. The zero-order chi connectivity index (χ0) is 19.6. The van der Waals surface area contributed by atoms with Gasteiger partial charge in [0, 0.05) is 5.56 Å². The molecule has 1 aromatic carbocycles. The van der Waals surface area contributed by atoms with E-state index in [2.05, 4.69) is 26.1 Å². The van der Waals surface area contributed by atoms with Gasteiger partial charge in [-0.1, -0.05) is 39.3 Å². The first-order valence-corrected chi connectivity index (χ1v) is 9.96. The first kappa shape index (κ1) is 19.6. The molecule has 2 aliphatic carbocycles. The van der Waals surface area contributed by atoms with Crippen LogP contribution < -0.4 is 5.32 Å². The molecule has 2 fully saturated rings. The number of rotatable bonds is 6.